The summed E-state index contributed by atoms with van der Waals surface area (Å²) in [6.45, 7) is 0. The van der Waals surface area contributed by atoms with Crippen molar-refractivity contribution in [3.8, 4) is 0 Å². The highest BCUT2D eigenvalue weighted by Crippen LogP contribution is 2.21. The highest BCUT2D eigenvalue weighted by molar-refractivity contribution is 7.80. The van der Waals surface area contributed by atoms with Gasteiger partial charge in [0.1, 0.15) is 0 Å². The van der Waals surface area contributed by atoms with Crippen molar-refractivity contribution >= 4 is 39.6 Å². The molecule has 3 rings (SSSR count). The number of rotatable bonds is 2. The summed E-state index contributed by atoms with van der Waals surface area (Å²) in [6.07, 6.45) is 1.78. The predicted molar refractivity (Wildman–Crippen MR) is 88.0 cm³/mol. The number of fused-ring (bicyclic) bond motifs is 1. The zero-order valence-electron chi connectivity index (χ0n) is 10.7. The number of pyridine rings is 1. The first kappa shape index (κ1) is 12.6. The van der Waals surface area contributed by atoms with E-state index in [2.05, 4.69) is 15.6 Å². The summed E-state index contributed by atoms with van der Waals surface area (Å²) in [5, 5.41) is 7.98. The first-order chi connectivity index (χ1) is 9.83. The minimum absolute atomic E-state index is 0.563. The topological polar surface area (TPSA) is 37.0 Å². The second-order valence-electron chi connectivity index (χ2n) is 4.32. The number of hydrogen-bond donors (Lipinski definition) is 2. The molecule has 0 atom stereocenters. The van der Waals surface area contributed by atoms with Gasteiger partial charge in [-0.2, -0.15) is 0 Å². The molecule has 1 heterocycles. The van der Waals surface area contributed by atoms with Crippen molar-refractivity contribution in [2.45, 2.75) is 0 Å². The fourth-order valence-electron chi connectivity index (χ4n) is 2.02. The quantitative estimate of drug-likeness (QED) is 0.694. The van der Waals surface area contributed by atoms with Crippen molar-refractivity contribution in [3.05, 3.63) is 66.9 Å². The van der Waals surface area contributed by atoms with Gasteiger partial charge in [0.15, 0.2) is 5.11 Å². The molecule has 0 radical (unpaired) electrons. The maximum absolute atomic E-state index is 5.34. The van der Waals surface area contributed by atoms with E-state index in [1.165, 1.54) is 0 Å². The average Bonchev–Trinajstić information content (AvgIpc) is 2.48. The number of nitrogens with zero attached hydrogens (tertiary/aromatic N) is 1. The maximum atomic E-state index is 5.34. The fourth-order valence-corrected chi connectivity index (χ4v) is 2.25. The Morgan fingerprint density at radius 2 is 1.70 bits per heavy atom. The van der Waals surface area contributed by atoms with E-state index in [9.17, 15) is 0 Å². The lowest BCUT2D eigenvalue weighted by molar-refractivity contribution is 1.41. The highest BCUT2D eigenvalue weighted by Gasteiger charge is 2.03. The van der Waals surface area contributed by atoms with E-state index in [0.717, 1.165) is 22.3 Å². The molecule has 2 aromatic carbocycles. The summed E-state index contributed by atoms with van der Waals surface area (Å²) in [5.74, 6) is 0. The van der Waals surface area contributed by atoms with Crippen LogP contribution in [0.3, 0.4) is 0 Å². The molecule has 0 amide bonds. The van der Waals surface area contributed by atoms with Crippen LogP contribution in [-0.4, -0.2) is 10.1 Å². The van der Waals surface area contributed by atoms with Crippen molar-refractivity contribution in [3.63, 3.8) is 0 Å². The van der Waals surface area contributed by atoms with Gasteiger partial charge in [-0.05, 0) is 48.6 Å². The minimum atomic E-state index is 0.563. The van der Waals surface area contributed by atoms with Gasteiger partial charge in [0.25, 0.3) is 0 Å². The first-order valence-corrected chi connectivity index (χ1v) is 6.70. The van der Waals surface area contributed by atoms with E-state index in [-0.39, 0.29) is 0 Å². The Kier molecular flexibility index (Phi) is 3.56. The van der Waals surface area contributed by atoms with E-state index in [1.54, 1.807) is 6.20 Å². The first-order valence-electron chi connectivity index (χ1n) is 6.30. The van der Waals surface area contributed by atoms with Crippen LogP contribution in [0.25, 0.3) is 10.9 Å². The standard InChI is InChI=1S/C16H13N3S/c20-16(18-12-6-2-1-3-7-12)19-15-10-4-9-14-13(15)8-5-11-17-14/h1-11H,(H2,18,19,20). The average molecular weight is 279 g/mol. The van der Waals surface area contributed by atoms with Crippen LogP contribution in [-0.2, 0) is 0 Å². The molecule has 98 valence electrons. The normalized spacial score (nSPS) is 10.2. The fraction of sp³-hybridized carbons (Fsp3) is 0. The third-order valence-electron chi connectivity index (χ3n) is 2.93. The lowest BCUT2D eigenvalue weighted by Crippen LogP contribution is -2.19. The lowest BCUT2D eigenvalue weighted by atomic mass is 10.2. The molecule has 2 N–H and O–H groups in total. The van der Waals surface area contributed by atoms with Crippen LogP contribution in [0.15, 0.2) is 66.9 Å². The molecule has 0 bridgehead atoms. The van der Waals surface area contributed by atoms with Crippen molar-refractivity contribution in [2.75, 3.05) is 10.6 Å². The number of aromatic nitrogens is 1. The number of benzene rings is 2. The van der Waals surface area contributed by atoms with Crippen molar-refractivity contribution in [1.82, 2.24) is 4.98 Å². The monoisotopic (exact) mass is 279 g/mol. The lowest BCUT2D eigenvalue weighted by Gasteiger charge is -2.12. The van der Waals surface area contributed by atoms with Gasteiger partial charge in [-0.15, -0.1) is 0 Å². The maximum Gasteiger partial charge on any atom is 0.175 e. The molecule has 20 heavy (non-hydrogen) atoms. The van der Waals surface area contributed by atoms with Crippen LogP contribution in [0.5, 0.6) is 0 Å². The molecule has 0 unspecified atom stereocenters. The van der Waals surface area contributed by atoms with Gasteiger partial charge >= 0.3 is 0 Å². The van der Waals surface area contributed by atoms with Crippen LogP contribution in [0.1, 0.15) is 0 Å². The molecule has 3 aromatic rings. The summed E-state index contributed by atoms with van der Waals surface area (Å²) in [6, 6.07) is 19.7. The Bertz CT molecular complexity index is 736. The number of hydrogen-bond acceptors (Lipinski definition) is 2. The van der Waals surface area contributed by atoms with E-state index < -0.39 is 0 Å². The summed E-state index contributed by atoms with van der Waals surface area (Å²) in [5.41, 5.74) is 2.85. The van der Waals surface area contributed by atoms with Gasteiger partial charge in [-0.25, -0.2) is 0 Å². The number of thiocarbonyl (C=S) groups is 1. The molecule has 0 spiro atoms. The van der Waals surface area contributed by atoms with Crippen molar-refractivity contribution < 1.29 is 0 Å². The largest absolute Gasteiger partial charge is 0.332 e. The molecule has 0 aliphatic heterocycles. The summed E-state index contributed by atoms with van der Waals surface area (Å²) in [7, 11) is 0. The zero-order valence-corrected chi connectivity index (χ0v) is 11.5. The molecule has 0 fully saturated rings. The molecule has 3 nitrogen and oxygen atoms in total. The van der Waals surface area contributed by atoms with Gasteiger partial charge in [0.2, 0.25) is 0 Å². The molecular weight excluding hydrogens is 266 g/mol. The Balaban J connectivity index is 1.81. The molecule has 4 heteroatoms. The van der Waals surface area contributed by atoms with Crippen molar-refractivity contribution in [2.24, 2.45) is 0 Å². The van der Waals surface area contributed by atoms with Crippen molar-refractivity contribution in [1.29, 1.82) is 0 Å². The SMILES string of the molecule is S=C(Nc1ccccc1)Nc1cccc2ncccc12. The predicted octanol–water partition coefficient (Wildman–Crippen LogP) is 4.04. The Hall–Kier alpha value is -2.46. The second kappa shape index (κ2) is 5.67. The summed E-state index contributed by atoms with van der Waals surface area (Å²) in [4.78, 5) is 4.33. The summed E-state index contributed by atoms with van der Waals surface area (Å²) >= 11 is 5.34. The van der Waals surface area contributed by atoms with E-state index in [4.69, 9.17) is 12.2 Å². The van der Waals surface area contributed by atoms with E-state index in [0.29, 0.717) is 5.11 Å². The molecule has 0 aliphatic carbocycles. The van der Waals surface area contributed by atoms with Crippen LogP contribution in [0.2, 0.25) is 0 Å². The molecule has 1 aromatic heterocycles. The Morgan fingerprint density at radius 1 is 0.850 bits per heavy atom. The third kappa shape index (κ3) is 2.75. The molecule has 0 aliphatic rings. The minimum Gasteiger partial charge on any atom is -0.332 e. The molecule has 0 saturated carbocycles. The highest BCUT2D eigenvalue weighted by atomic mass is 32.1. The Labute approximate surface area is 122 Å². The van der Waals surface area contributed by atoms with Crippen LogP contribution < -0.4 is 10.6 Å². The zero-order chi connectivity index (χ0) is 13.8. The van der Waals surface area contributed by atoms with E-state index in [1.807, 2.05) is 60.7 Å². The van der Waals surface area contributed by atoms with Gasteiger partial charge in [-0.3, -0.25) is 4.98 Å². The number of para-hydroxylation sites is 1. The van der Waals surface area contributed by atoms with Crippen LogP contribution in [0.4, 0.5) is 11.4 Å². The third-order valence-corrected chi connectivity index (χ3v) is 3.13. The molecular formula is C16H13N3S. The van der Waals surface area contributed by atoms with E-state index >= 15 is 0 Å². The summed E-state index contributed by atoms with van der Waals surface area (Å²) < 4.78 is 0. The number of anilines is 2. The Morgan fingerprint density at radius 3 is 2.55 bits per heavy atom. The van der Waals surface area contributed by atoms with Gasteiger partial charge < -0.3 is 10.6 Å². The number of nitrogens with one attached hydrogen (secondary N) is 2. The molecule has 0 saturated heterocycles. The van der Waals surface area contributed by atoms with Gasteiger partial charge in [-0.1, -0.05) is 24.3 Å². The van der Waals surface area contributed by atoms with Crippen LogP contribution in [0, 0.1) is 0 Å². The van der Waals surface area contributed by atoms with Gasteiger partial charge in [0.05, 0.1) is 5.52 Å². The second-order valence-corrected chi connectivity index (χ2v) is 4.73. The van der Waals surface area contributed by atoms with Crippen LogP contribution >= 0.6 is 12.2 Å². The smallest absolute Gasteiger partial charge is 0.175 e. The van der Waals surface area contributed by atoms with Gasteiger partial charge in [0, 0.05) is 23.0 Å².